The van der Waals surface area contributed by atoms with Crippen LogP contribution in [-0.2, 0) is 10.9 Å². The summed E-state index contributed by atoms with van der Waals surface area (Å²) in [5.41, 5.74) is -0.0354. The van der Waals surface area contributed by atoms with Gasteiger partial charge in [-0.05, 0) is 59.5 Å². The van der Waals surface area contributed by atoms with Gasteiger partial charge in [-0.15, -0.1) is 0 Å². The lowest BCUT2D eigenvalue weighted by Crippen LogP contribution is -2.46. The molecule has 1 aromatic carbocycles. The van der Waals surface area contributed by atoms with E-state index in [-0.39, 0.29) is 12.6 Å². The minimum Gasteiger partial charge on any atom is -0.449 e. The number of hydrogen-bond donors (Lipinski definition) is 1. The third-order valence-electron chi connectivity index (χ3n) is 4.72. The molecule has 0 spiro atoms. The van der Waals surface area contributed by atoms with Gasteiger partial charge < -0.3 is 10.1 Å². The van der Waals surface area contributed by atoms with Gasteiger partial charge in [-0.1, -0.05) is 6.92 Å². The fourth-order valence-corrected chi connectivity index (χ4v) is 3.60. The van der Waals surface area contributed by atoms with E-state index in [0.29, 0.717) is 34.5 Å². The fraction of sp³-hybridized carbons (Fsp3) is 0.421. The molecule has 1 amide bonds. The van der Waals surface area contributed by atoms with Gasteiger partial charge >= 0.3 is 12.3 Å². The van der Waals surface area contributed by atoms with Crippen molar-refractivity contribution in [2.24, 2.45) is 0 Å². The molecule has 1 aliphatic heterocycles. The minimum absolute atomic E-state index is 0.177. The number of benzene rings is 1. The Bertz CT molecular complexity index is 877. The lowest BCUT2D eigenvalue weighted by atomic mass is 9.89. The zero-order valence-corrected chi connectivity index (χ0v) is 17.4. The Morgan fingerprint density at radius 3 is 2.59 bits per heavy atom. The first kappa shape index (κ1) is 21.4. The SMILES string of the molecule is CCOC(=O)N1c2ccc(C(F)(F)F)cc2[C@@H](Nc2ncc(Br)cn2)C[C@H]1CC. The molecular weight excluding hydrogens is 453 g/mol. The zero-order chi connectivity index (χ0) is 21.2. The van der Waals surface area contributed by atoms with Crippen LogP contribution in [0.3, 0.4) is 0 Å². The first-order chi connectivity index (χ1) is 13.7. The summed E-state index contributed by atoms with van der Waals surface area (Å²) in [7, 11) is 0. The van der Waals surface area contributed by atoms with Gasteiger partial charge in [0.2, 0.25) is 5.95 Å². The van der Waals surface area contributed by atoms with Crippen LogP contribution in [0, 0.1) is 0 Å². The van der Waals surface area contributed by atoms with Crippen LogP contribution in [0.1, 0.15) is 43.9 Å². The Morgan fingerprint density at radius 1 is 1.31 bits per heavy atom. The van der Waals surface area contributed by atoms with Crippen LogP contribution in [0.25, 0.3) is 0 Å². The predicted octanol–water partition coefficient (Wildman–Crippen LogP) is 5.56. The molecule has 2 heterocycles. The fourth-order valence-electron chi connectivity index (χ4n) is 3.40. The van der Waals surface area contributed by atoms with Gasteiger partial charge in [-0.3, -0.25) is 4.90 Å². The molecule has 3 rings (SSSR count). The van der Waals surface area contributed by atoms with E-state index in [9.17, 15) is 18.0 Å². The molecule has 0 saturated heterocycles. The average Bonchev–Trinajstić information content (AvgIpc) is 2.68. The standard InChI is InChI=1S/C19H20BrF3N4O2/c1-3-13-8-15(26-17-24-9-12(20)10-25-17)14-7-11(19(21,22)23)5-6-16(14)27(13)18(28)29-4-2/h5-7,9-10,13,15H,3-4,8H2,1-2H3,(H,24,25,26)/t13-,15+/m1/s1. The number of ether oxygens (including phenoxy) is 1. The number of amides is 1. The molecule has 10 heteroatoms. The van der Waals surface area contributed by atoms with E-state index in [1.165, 1.54) is 11.0 Å². The van der Waals surface area contributed by atoms with Gasteiger partial charge in [0.1, 0.15) is 0 Å². The molecular formula is C19H20BrF3N4O2. The van der Waals surface area contributed by atoms with Crippen molar-refractivity contribution in [2.75, 3.05) is 16.8 Å². The molecule has 0 radical (unpaired) electrons. The monoisotopic (exact) mass is 472 g/mol. The van der Waals surface area contributed by atoms with E-state index in [2.05, 4.69) is 31.2 Å². The van der Waals surface area contributed by atoms with Crippen molar-refractivity contribution in [3.05, 3.63) is 46.2 Å². The van der Waals surface area contributed by atoms with E-state index in [1.54, 1.807) is 19.3 Å². The number of halogens is 4. The molecule has 2 atom stereocenters. The van der Waals surface area contributed by atoms with Crippen molar-refractivity contribution < 1.29 is 22.7 Å². The van der Waals surface area contributed by atoms with Gasteiger partial charge in [-0.2, -0.15) is 13.2 Å². The van der Waals surface area contributed by atoms with Gasteiger partial charge in [-0.25, -0.2) is 14.8 Å². The average molecular weight is 473 g/mol. The molecule has 156 valence electrons. The van der Waals surface area contributed by atoms with Crippen molar-refractivity contribution in [1.82, 2.24) is 9.97 Å². The van der Waals surface area contributed by atoms with Gasteiger partial charge in [0.15, 0.2) is 0 Å². The molecule has 2 aromatic rings. The topological polar surface area (TPSA) is 67.3 Å². The van der Waals surface area contributed by atoms with Gasteiger partial charge in [0.25, 0.3) is 0 Å². The summed E-state index contributed by atoms with van der Waals surface area (Å²) in [5.74, 6) is 0.293. The smallest absolute Gasteiger partial charge is 0.416 e. The van der Waals surface area contributed by atoms with Crippen LogP contribution in [0.2, 0.25) is 0 Å². The summed E-state index contributed by atoms with van der Waals surface area (Å²) in [6.45, 7) is 3.78. The van der Waals surface area contributed by atoms with E-state index < -0.39 is 23.9 Å². The molecule has 1 N–H and O–H groups in total. The normalized spacial score (nSPS) is 18.9. The summed E-state index contributed by atoms with van der Waals surface area (Å²) in [5, 5.41) is 3.11. The maximum absolute atomic E-state index is 13.3. The lowest BCUT2D eigenvalue weighted by Gasteiger charge is -2.40. The molecule has 29 heavy (non-hydrogen) atoms. The number of alkyl halides is 3. The van der Waals surface area contributed by atoms with Crippen molar-refractivity contribution in [2.45, 2.75) is 44.9 Å². The summed E-state index contributed by atoms with van der Waals surface area (Å²) < 4.78 is 45.8. The molecule has 0 aliphatic carbocycles. The van der Waals surface area contributed by atoms with Crippen LogP contribution in [0.4, 0.5) is 29.6 Å². The van der Waals surface area contributed by atoms with E-state index >= 15 is 0 Å². The number of hydrogen-bond acceptors (Lipinski definition) is 5. The molecule has 0 unspecified atom stereocenters. The number of carbonyl (C=O) groups excluding carboxylic acids is 1. The highest BCUT2D eigenvalue weighted by atomic mass is 79.9. The highest BCUT2D eigenvalue weighted by Crippen LogP contribution is 2.42. The number of carbonyl (C=O) groups is 1. The Morgan fingerprint density at radius 2 is 2.00 bits per heavy atom. The summed E-state index contributed by atoms with van der Waals surface area (Å²) in [4.78, 5) is 22.3. The third kappa shape index (κ3) is 4.63. The first-order valence-electron chi connectivity index (χ1n) is 9.15. The number of rotatable bonds is 4. The summed E-state index contributed by atoms with van der Waals surface area (Å²) in [6, 6.07) is 2.64. The maximum Gasteiger partial charge on any atom is 0.416 e. The summed E-state index contributed by atoms with van der Waals surface area (Å²) >= 11 is 3.25. The van der Waals surface area contributed by atoms with Gasteiger partial charge in [0.05, 0.1) is 28.4 Å². The molecule has 1 aliphatic rings. The van der Waals surface area contributed by atoms with E-state index in [4.69, 9.17) is 4.74 Å². The van der Waals surface area contributed by atoms with Crippen LogP contribution < -0.4 is 10.2 Å². The minimum atomic E-state index is -4.50. The number of nitrogens with one attached hydrogen (secondary N) is 1. The lowest BCUT2D eigenvalue weighted by molar-refractivity contribution is -0.137. The van der Waals surface area contributed by atoms with Crippen molar-refractivity contribution in [3.63, 3.8) is 0 Å². The zero-order valence-electron chi connectivity index (χ0n) is 15.8. The van der Waals surface area contributed by atoms with Crippen molar-refractivity contribution in [1.29, 1.82) is 0 Å². The van der Waals surface area contributed by atoms with Crippen molar-refractivity contribution >= 4 is 33.7 Å². The number of anilines is 2. The first-order valence-corrected chi connectivity index (χ1v) is 9.95. The highest BCUT2D eigenvalue weighted by Gasteiger charge is 2.39. The third-order valence-corrected chi connectivity index (χ3v) is 5.13. The van der Waals surface area contributed by atoms with Crippen LogP contribution in [-0.4, -0.2) is 28.7 Å². The summed E-state index contributed by atoms with van der Waals surface area (Å²) in [6.07, 6.45) is -0.967. The van der Waals surface area contributed by atoms with Crippen LogP contribution >= 0.6 is 15.9 Å². The highest BCUT2D eigenvalue weighted by molar-refractivity contribution is 9.10. The Labute approximate surface area is 174 Å². The molecule has 0 saturated carbocycles. The molecule has 1 aromatic heterocycles. The van der Waals surface area contributed by atoms with E-state index in [0.717, 1.165) is 12.1 Å². The van der Waals surface area contributed by atoms with Crippen LogP contribution in [0.5, 0.6) is 0 Å². The number of fused-ring (bicyclic) bond motifs is 1. The number of nitrogens with zero attached hydrogens (tertiary/aromatic N) is 3. The van der Waals surface area contributed by atoms with Crippen molar-refractivity contribution in [3.8, 4) is 0 Å². The second-order valence-electron chi connectivity index (χ2n) is 6.56. The second-order valence-corrected chi connectivity index (χ2v) is 7.48. The molecule has 6 nitrogen and oxygen atoms in total. The predicted molar refractivity (Wildman–Crippen MR) is 106 cm³/mol. The Balaban J connectivity index is 2.06. The molecule has 0 fully saturated rings. The quantitative estimate of drug-likeness (QED) is 0.630. The van der Waals surface area contributed by atoms with Crippen LogP contribution in [0.15, 0.2) is 35.1 Å². The maximum atomic E-state index is 13.3. The largest absolute Gasteiger partial charge is 0.449 e. The molecule has 0 bridgehead atoms. The number of aromatic nitrogens is 2. The second kappa shape index (κ2) is 8.56. The van der Waals surface area contributed by atoms with Gasteiger partial charge in [0, 0.05) is 18.4 Å². The Hall–Kier alpha value is -2.36. The Kier molecular flexibility index (Phi) is 6.30. The van der Waals surface area contributed by atoms with E-state index in [1.807, 2.05) is 6.92 Å².